The summed E-state index contributed by atoms with van der Waals surface area (Å²) in [5.74, 6) is 0.664. The lowest BCUT2D eigenvalue weighted by molar-refractivity contribution is 1.15. The average molecular weight is 206 g/mol. The van der Waals surface area contributed by atoms with E-state index in [0.29, 0.717) is 5.88 Å². The van der Waals surface area contributed by atoms with E-state index in [-0.39, 0.29) is 0 Å². The fourth-order valence-electron chi connectivity index (χ4n) is 1.53. The Hall–Kier alpha value is -1.08. The minimum atomic E-state index is 0.664. The fourth-order valence-corrected chi connectivity index (χ4v) is 1.75. The zero-order chi connectivity index (χ0) is 9.97. The second-order valence-electron chi connectivity index (χ2n) is 3.42. The maximum atomic E-state index is 5.70. The van der Waals surface area contributed by atoms with Crippen LogP contribution in [0.1, 0.15) is 11.3 Å². The maximum Gasteiger partial charge on any atom is 0.0707 e. The first kappa shape index (κ1) is 9.47. The molecule has 0 radical (unpaired) electrons. The van der Waals surface area contributed by atoms with Crippen molar-refractivity contribution in [1.82, 2.24) is 4.98 Å². The van der Waals surface area contributed by atoms with Crippen LogP contribution in [0.2, 0.25) is 0 Å². The highest BCUT2D eigenvalue weighted by Crippen LogP contribution is 2.15. The molecule has 0 aliphatic rings. The molecular formula is C12H12ClN. The van der Waals surface area contributed by atoms with Crippen LogP contribution in [0.4, 0.5) is 0 Å². The summed E-state index contributed by atoms with van der Waals surface area (Å²) in [7, 11) is 0. The van der Waals surface area contributed by atoms with E-state index < -0.39 is 0 Å². The van der Waals surface area contributed by atoms with Crippen LogP contribution in [-0.4, -0.2) is 10.9 Å². The molecule has 14 heavy (non-hydrogen) atoms. The van der Waals surface area contributed by atoms with Crippen molar-refractivity contribution >= 4 is 22.5 Å². The molecule has 1 nitrogen and oxygen atoms in total. The van der Waals surface area contributed by atoms with Crippen LogP contribution in [0.5, 0.6) is 0 Å². The van der Waals surface area contributed by atoms with Crippen molar-refractivity contribution in [1.29, 1.82) is 0 Å². The lowest BCUT2D eigenvalue weighted by atomic mass is 10.1. The van der Waals surface area contributed by atoms with Gasteiger partial charge in [0.25, 0.3) is 0 Å². The minimum absolute atomic E-state index is 0.664. The summed E-state index contributed by atoms with van der Waals surface area (Å²) in [5, 5.41) is 1.19. The third kappa shape index (κ3) is 1.88. The average Bonchev–Trinajstić information content (AvgIpc) is 2.17. The topological polar surface area (TPSA) is 12.9 Å². The molecule has 0 N–H and O–H groups in total. The Balaban J connectivity index is 2.52. The van der Waals surface area contributed by atoms with E-state index in [9.17, 15) is 0 Å². The summed E-state index contributed by atoms with van der Waals surface area (Å²) in [4.78, 5) is 4.48. The van der Waals surface area contributed by atoms with E-state index in [4.69, 9.17) is 11.6 Å². The number of halogens is 1. The van der Waals surface area contributed by atoms with Crippen molar-refractivity contribution in [3.63, 3.8) is 0 Å². The molecule has 2 aromatic rings. The van der Waals surface area contributed by atoms with Gasteiger partial charge in [-0.05, 0) is 31.0 Å². The molecule has 2 rings (SSSR count). The van der Waals surface area contributed by atoms with Crippen LogP contribution < -0.4 is 0 Å². The SMILES string of the molecule is Cc1ccc2ccc(CCCl)cc2n1. The molecule has 2 heteroatoms. The Labute approximate surface area is 88.7 Å². The summed E-state index contributed by atoms with van der Waals surface area (Å²) in [5.41, 5.74) is 3.37. The predicted octanol–water partition coefficient (Wildman–Crippen LogP) is 3.32. The third-order valence-electron chi connectivity index (χ3n) is 2.28. The zero-order valence-electron chi connectivity index (χ0n) is 8.13. The lowest BCUT2D eigenvalue weighted by Crippen LogP contribution is -1.88. The first-order valence-electron chi connectivity index (χ1n) is 4.72. The molecule has 0 amide bonds. The number of pyridine rings is 1. The van der Waals surface area contributed by atoms with Crippen LogP contribution in [0.3, 0.4) is 0 Å². The molecule has 0 saturated heterocycles. The number of alkyl halides is 1. The van der Waals surface area contributed by atoms with E-state index in [1.54, 1.807) is 0 Å². The molecule has 1 aromatic carbocycles. The smallest absolute Gasteiger partial charge is 0.0707 e. The quantitative estimate of drug-likeness (QED) is 0.686. The number of fused-ring (bicyclic) bond motifs is 1. The van der Waals surface area contributed by atoms with Gasteiger partial charge in [0.05, 0.1) is 5.52 Å². The largest absolute Gasteiger partial charge is 0.253 e. The molecule has 0 aliphatic heterocycles. The van der Waals surface area contributed by atoms with E-state index in [0.717, 1.165) is 17.6 Å². The molecule has 1 aromatic heterocycles. The van der Waals surface area contributed by atoms with Gasteiger partial charge in [-0.25, -0.2) is 0 Å². The Morgan fingerprint density at radius 1 is 1.21 bits per heavy atom. The van der Waals surface area contributed by atoms with Gasteiger partial charge in [-0.1, -0.05) is 18.2 Å². The zero-order valence-corrected chi connectivity index (χ0v) is 8.88. The third-order valence-corrected chi connectivity index (χ3v) is 2.47. The Morgan fingerprint density at radius 2 is 2.00 bits per heavy atom. The fraction of sp³-hybridized carbons (Fsp3) is 0.250. The highest BCUT2D eigenvalue weighted by atomic mass is 35.5. The summed E-state index contributed by atoms with van der Waals surface area (Å²) in [6, 6.07) is 10.5. The number of hydrogen-bond acceptors (Lipinski definition) is 1. The number of nitrogens with zero attached hydrogens (tertiary/aromatic N) is 1. The van der Waals surface area contributed by atoms with E-state index >= 15 is 0 Å². The van der Waals surface area contributed by atoms with Crippen LogP contribution in [0.15, 0.2) is 30.3 Å². The van der Waals surface area contributed by atoms with Gasteiger partial charge in [0, 0.05) is 17.0 Å². The Morgan fingerprint density at radius 3 is 2.79 bits per heavy atom. The van der Waals surface area contributed by atoms with Crippen molar-refractivity contribution < 1.29 is 0 Å². The van der Waals surface area contributed by atoms with Crippen molar-refractivity contribution in [3.05, 3.63) is 41.6 Å². The maximum absolute atomic E-state index is 5.70. The van der Waals surface area contributed by atoms with Crippen molar-refractivity contribution in [2.45, 2.75) is 13.3 Å². The normalized spacial score (nSPS) is 10.7. The number of hydrogen-bond donors (Lipinski definition) is 0. The molecular weight excluding hydrogens is 194 g/mol. The summed E-state index contributed by atoms with van der Waals surface area (Å²) in [6.07, 6.45) is 0.910. The van der Waals surface area contributed by atoms with Gasteiger partial charge in [0.15, 0.2) is 0 Å². The highest BCUT2D eigenvalue weighted by Gasteiger charge is 1.97. The van der Waals surface area contributed by atoms with Gasteiger partial charge in [-0.2, -0.15) is 0 Å². The molecule has 0 aliphatic carbocycles. The van der Waals surface area contributed by atoms with E-state index in [1.807, 2.05) is 13.0 Å². The van der Waals surface area contributed by atoms with Gasteiger partial charge < -0.3 is 0 Å². The molecule has 0 atom stereocenters. The van der Waals surface area contributed by atoms with E-state index in [2.05, 4.69) is 29.2 Å². The van der Waals surface area contributed by atoms with Gasteiger partial charge in [0.1, 0.15) is 0 Å². The molecule has 72 valence electrons. The number of benzene rings is 1. The number of aryl methyl sites for hydroxylation is 2. The van der Waals surface area contributed by atoms with Crippen molar-refractivity contribution in [2.75, 3.05) is 5.88 Å². The summed E-state index contributed by atoms with van der Waals surface area (Å²) < 4.78 is 0. The van der Waals surface area contributed by atoms with Crippen molar-refractivity contribution in [3.8, 4) is 0 Å². The Kier molecular flexibility index (Phi) is 2.69. The lowest BCUT2D eigenvalue weighted by Gasteiger charge is -2.01. The summed E-state index contributed by atoms with van der Waals surface area (Å²) >= 11 is 5.70. The van der Waals surface area contributed by atoms with E-state index in [1.165, 1.54) is 10.9 Å². The van der Waals surface area contributed by atoms with Gasteiger partial charge >= 0.3 is 0 Å². The standard InChI is InChI=1S/C12H12ClN/c1-9-2-4-11-5-3-10(6-7-13)8-12(11)14-9/h2-5,8H,6-7H2,1H3. The number of aromatic nitrogens is 1. The van der Waals surface area contributed by atoms with Crippen LogP contribution >= 0.6 is 11.6 Å². The first-order chi connectivity index (χ1) is 6.79. The highest BCUT2D eigenvalue weighted by molar-refractivity contribution is 6.18. The van der Waals surface area contributed by atoms with Crippen LogP contribution in [0, 0.1) is 6.92 Å². The molecule has 0 bridgehead atoms. The van der Waals surface area contributed by atoms with Gasteiger partial charge in [0.2, 0.25) is 0 Å². The van der Waals surface area contributed by atoms with Crippen LogP contribution in [-0.2, 0) is 6.42 Å². The molecule has 1 heterocycles. The van der Waals surface area contributed by atoms with Crippen molar-refractivity contribution in [2.24, 2.45) is 0 Å². The van der Waals surface area contributed by atoms with Crippen LogP contribution in [0.25, 0.3) is 10.9 Å². The van der Waals surface area contributed by atoms with Gasteiger partial charge in [-0.3, -0.25) is 4.98 Å². The minimum Gasteiger partial charge on any atom is -0.253 e. The molecule has 0 spiro atoms. The Bertz CT molecular complexity index is 451. The second kappa shape index (κ2) is 3.97. The second-order valence-corrected chi connectivity index (χ2v) is 3.80. The van der Waals surface area contributed by atoms with Gasteiger partial charge in [-0.15, -0.1) is 11.6 Å². The first-order valence-corrected chi connectivity index (χ1v) is 5.25. The molecule has 0 fully saturated rings. The summed E-state index contributed by atoms with van der Waals surface area (Å²) in [6.45, 7) is 2.01. The molecule has 0 saturated carbocycles. The monoisotopic (exact) mass is 205 g/mol. The molecule has 0 unspecified atom stereocenters. The number of rotatable bonds is 2. The predicted molar refractivity (Wildman–Crippen MR) is 60.9 cm³/mol.